The molecule has 1 aromatic rings. The normalized spacial score (nSPS) is 15.6. The monoisotopic (exact) mass is 255 g/mol. The Kier molecular flexibility index (Phi) is 4.92. The molecule has 0 aliphatic carbocycles. The Morgan fingerprint density at radius 3 is 2.73 bits per heavy atom. The van der Waals surface area contributed by atoms with Crippen molar-refractivity contribution in [2.45, 2.75) is 25.5 Å². The lowest BCUT2D eigenvalue weighted by atomic mass is 10.2. The Balaban J connectivity index is 2.39. The summed E-state index contributed by atoms with van der Waals surface area (Å²) in [6, 6.07) is 1.68. The molecule has 0 saturated heterocycles. The summed E-state index contributed by atoms with van der Waals surface area (Å²) in [6.45, 7) is 1.70. The topological polar surface area (TPSA) is 32.3 Å². The summed E-state index contributed by atoms with van der Waals surface area (Å²) in [5, 5.41) is 13.6. The molecular weight excluding hydrogens is 244 g/mol. The van der Waals surface area contributed by atoms with Gasteiger partial charge in [0.1, 0.15) is 6.10 Å². The summed E-state index contributed by atoms with van der Waals surface area (Å²) >= 11 is 7.13. The van der Waals surface area contributed by atoms with Crippen molar-refractivity contribution in [2.24, 2.45) is 0 Å². The third kappa shape index (κ3) is 4.03. The van der Waals surface area contributed by atoms with E-state index in [2.05, 4.69) is 5.32 Å². The number of hydrogen-bond donors (Lipinski definition) is 2. The lowest BCUT2D eigenvalue weighted by Crippen LogP contribution is -2.33. The van der Waals surface area contributed by atoms with Crippen molar-refractivity contribution < 1.29 is 13.9 Å². The fraction of sp³-hybridized carbons (Fsp3) is 0.556. The number of alkyl halides is 2. The maximum absolute atomic E-state index is 12.0. The Morgan fingerprint density at radius 2 is 2.27 bits per heavy atom. The number of nitrogens with one attached hydrogen (secondary N) is 1. The van der Waals surface area contributed by atoms with Crippen molar-refractivity contribution >= 4 is 22.9 Å². The van der Waals surface area contributed by atoms with Crippen LogP contribution in [0.4, 0.5) is 8.78 Å². The van der Waals surface area contributed by atoms with E-state index in [1.807, 2.05) is 12.3 Å². The number of rotatable bonds is 5. The van der Waals surface area contributed by atoms with Crippen LogP contribution in [0.3, 0.4) is 0 Å². The molecule has 1 heterocycles. The van der Waals surface area contributed by atoms with Gasteiger partial charge in [0.2, 0.25) is 0 Å². The first-order valence-corrected chi connectivity index (χ1v) is 5.70. The predicted octanol–water partition coefficient (Wildman–Crippen LogP) is 2.68. The van der Waals surface area contributed by atoms with Gasteiger partial charge in [-0.1, -0.05) is 11.6 Å². The fourth-order valence-corrected chi connectivity index (χ4v) is 2.04. The number of aliphatic hydroxyl groups excluding tert-OH is 1. The molecule has 0 radical (unpaired) electrons. The molecule has 0 aromatic carbocycles. The van der Waals surface area contributed by atoms with E-state index in [0.717, 1.165) is 5.56 Å². The second kappa shape index (κ2) is 5.75. The van der Waals surface area contributed by atoms with Gasteiger partial charge >= 0.3 is 0 Å². The highest BCUT2D eigenvalue weighted by molar-refractivity contribution is 7.14. The highest BCUT2D eigenvalue weighted by Gasteiger charge is 2.17. The Bertz CT molecular complexity index is 308. The van der Waals surface area contributed by atoms with Crippen LogP contribution < -0.4 is 5.32 Å². The number of halogens is 3. The molecule has 2 unspecified atom stereocenters. The van der Waals surface area contributed by atoms with Crippen LogP contribution >= 0.6 is 22.9 Å². The van der Waals surface area contributed by atoms with E-state index in [-0.39, 0.29) is 12.6 Å². The van der Waals surface area contributed by atoms with Gasteiger partial charge in [-0.05, 0) is 23.9 Å². The maximum atomic E-state index is 12.0. The van der Waals surface area contributed by atoms with Gasteiger partial charge in [-0.25, -0.2) is 8.78 Å². The molecule has 0 aliphatic heterocycles. The zero-order valence-corrected chi connectivity index (χ0v) is 9.66. The maximum Gasteiger partial charge on any atom is 0.265 e. The molecule has 2 atom stereocenters. The molecule has 0 saturated carbocycles. The van der Waals surface area contributed by atoms with E-state index in [9.17, 15) is 8.78 Å². The minimum Gasteiger partial charge on any atom is -0.386 e. The smallest absolute Gasteiger partial charge is 0.265 e. The summed E-state index contributed by atoms with van der Waals surface area (Å²) in [7, 11) is 0. The summed E-state index contributed by atoms with van der Waals surface area (Å²) in [5.74, 6) is 0. The zero-order chi connectivity index (χ0) is 11.4. The molecule has 86 valence electrons. The van der Waals surface area contributed by atoms with Crippen LogP contribution in [0.15, 0.2) is 11.4 Å². The molecule has 15 heavy (non-hydrogen) atoms. The first-order valence-electron chi connectivity index (χ1n) is 4.44. The first kappa shape index (κ1) is 12.8. The predicted molar refractivity (Wildman–Crippen MR) is 57.8 cm³/mol. The van der Waals surface area contributed by atoms with Gasteiger partial charge in [0.05, 0.1) is 4.34 Å². The second-order valence-electron chi connectivity index (χ2n) is 3.22. The summed E-state index contributed by atoms with van der Waals surface area (Å²) in [5.41, 5.74) is 0.937. The third-order valence-electron chi connectivity index (χ3n) is 2.01. The van der Waals surface area contributed by atoms with E-state index in [0.29, 0.717) is 4.34 Å². The quantitative estimate of drug-likeness (QED) is 0.848. The van der Waals surface area contributed by atoms with E-state index >= 15 is 0 Å². The number of aliphatic hydroxyl groups is 1. The van der Waals surface area contributed by atoms with E-state index in [1.54, 1.807) is 6.07 Å². The molecular formula is C9H12ClF2NOS. The Morgan fingerprint density at radius 1 is 1.60 bits per heavy atom. The van der Waals surface area contributed by atoms with Crippen LogP contribution in [0, 0.1) is 0 Å². The van der Waals surface area contributed by atoms with Gasteiger partial charge in [-0.15, -0.1) is 11.3 Å². The Labute approximate surface area is 95.9 Å². The van der Waals surface area contributed by atoms with E-state index < -0.39 is 12.5 Å². The van der Waals surface area contributed by atoms with Crippen LogP contribution in [-0.4, -0.2) is 24.2 Å². The second-order valence-corrected chi connectivity index (χ2v) is 4.76. The van der Waals surface area contributed by atoms with Crippen molar-refractivity contribution in [3.05, 3.63) is 21.3 Å². The molecule has 1 rings (SSSR count). The van der Waals surface area contributed by atoms with Gasteiger partial charge in [0.15, 0.2) is 0 Å². The minimum absolute atomic E-state index is 0.0952. The molecule has 0 spiro atoms. The summed E-state index contributed by atoms with van der Waals surface area (Å²) < 4.78 is 24.6. The highest BCUT2D eigenvalue weighted by atomic mass is 35.5. The highest BCUT2D eigenvalue weighted by Crippen LogP contribution is 2.24. The van der Waals surface area contributed by atoms with Gasteiger partial charge in [0.25, 0.3) is 6.43 Å². The van der Waals surface area contributed by atoms with Crippen molar-refractivity contribution in [1.82, 2.24) is 5.32 Å². The van der Waals surface area contributed by atoms with Gasteiger partial charge in [0, 0.05) is 12.6 Å². The summed E-state index contributed by atoms with van der Waals surface area (Å²) in [6.07, 6.45) is -4.34. The number of thiophene rings is 1. The van der Waals surface area contributed by atoms with Gasteiger partial charge in [-0.3, -0.25) is 0 Å². The van der Waals surface area contributed by atoms with Crippen LogP contribution in [-0.2, 0) is 0 Å². The lowest BCUT2D eigenvalue weighted by Gasteiger charge is -2.15. The average molecular weight is 256 g/mol. The fourth-order valence-electron chi connectivity index (χ4n) is 1.05. The SMILES string of the molecule is CC(NCC(O)C(F)F)c1csc(Cl)c1. The lowest BCUT2D eigenvalue weighted by molar-refractivity contribution is -0.00438. The summed E-state index contributed by atoms with van der Waals surface area (Å²) in [4.78, 5) is 0. The van der Waals surface area contributed by atoms with Gasteiger partial charge in [-0.2, -0.15) is 0 Å². The van der Waals surface area contributed by atoms with Crippen molar-refractivity contribution in [1.29, 1.82) is 0 Å². The zero-order valence-electron chi connectivity index (χ0n) is 8.08. The first-order chi connectivity index (χ1) is 7.00. The van der Waals surface area contributed by atoms with Crippen molar-refractivity contribution in [3.63, 3.8) is 0 Å². The standard InChI is InChI=1S/C9H12ClF2NOS/c1-5(6-2-8(10)15-4-6)13-3-7(14)9(11)12/h2,4-5,7,9,13-14H,3H2,1H3. The molecule has 2 N–H and O–H groups in total. The third-order valence-corrected chi connectivity index (χ3v) is 3.12. The molecule has 1 aromatic heterocycles. The van der Waals surface area contributed by atoms with Crippen LogP contribution in [0.25, 0.3) is 0 Å². The molecule has 0 aliphatic rings. The van der Waals surface area contributed by atoms with Crippen LogP contribution in [0.2, 0.25) is 4.34 Å². The van der Waals surface area contributed by atoms with Crippen LogP contribution in [0.5, 0.6) is 0 Å². The number of hydrogen-bond acceptors (Lipinski definition) is 3. The molecule has 0 bridgehead atoms. The molecule has 0 fully saturated rings. The van der Waals surface area contributed by atoms with Crippen LogP contribution in [0.1, 0.15) is 18.5 Å². The molecule has 2 nitrogen and oxygen atoms in total. The molecule has 6 heteroatoms. The van der Waals surface area contributed by atoms with E-state index in [1.165, 1.54) is 11.3 Å². The van der Waals surface area contributed by atoms with Crippen molar-refractivity contribution in [3.8, 4) is 0 Å². The van der Waals surface area contributed by atoms with Crippen molar-refractivity contribution in [2.75, 3.05) is 6.54 Å². The average Bonchev–Trinajstić information content (AvgIpc) is 2.60. The minimum atomic E-state index is -2.71. The Hall–Kier alpha value is -0.230. The molecule has 0 amide bonds. The largest absolute Gasteiger partial charge is 0.386 e. The van der Waals surface area contributed by atoms with E-state index in [4.69, 9.17) is 16.7 Å². The van der Waals surface area contributed by atoms with Gasteiger partial charge < -0.3 is 10.4 Å².